The van der Waals surface area contributed by atoms with Crippen LogP contribution in [0.4, 0.5) is 4.39 Å². The normalized spacial score (nSPS) is 27.7. The van der Waals surface area contributed by atoms with Crippen LogP contribution in [0.25, 0.3) is 0 Å². The quantitative estimate of drug-likeness (QED) is 0.364. The van der Waals surface area contributed by atoms with E-state index < -0.39 is 24.3 Å². The molecule has 2 aliphatic rings. The number of ether oxygens (including phenoxy) is 1. The molecule has 1 fully saturated rings. The van der Waals surface area contributed by atoms with Crippen LogP contribution < -0.4 is 0 Å². The molecule has 2 N–H and O–H groups in total. The second kappa shape index (κ2) is 10.9. The van der Waals surface area contributed by atoms with Gasteiger partial charge in [-0.05, 0) is 55.1 Å². The first-order valence-corrected chi connectivity index (χ1v) is 11.0. The van der Waals surface area contributed by atoms with Crippen molar-refractivity contribution in [2.24, 2.45) is 17.8 Å². The van der Waals surface area contributed by atoms with Gasteiger partial charge in [-0.2, -0.15) is 0 Å². The third-order valence-corrected chi connectivity index (χ3v) is 6.52. The van der Waals surface area contributed by atoms with E-state index in [0.29, 0.717) is 19.3 Å². The number of fused-ring (bicyclic) bond motifs is 1. The molecule has 0 saturated heterocycles. The second-order valence-electron chi connectivity index (χ2n) is 8.55. The minimum Gasteiger partial charge on any atom is -0.469 e. The Morgan fingerprint density at radius 1 is 1.27 bits per heavy atom. The lowest BCUT2D eigenvalue weighted by Crippen LogP contribution is -2.21. The Morgan fingerprint density at radius 2 is 1.97 bits per heavy atom. The summed E-state index contributed by atoms with van der Waals surface area (Å²) in [5, 5.41) is 20.9. The molecule has 0 spiro atoms. The fourth-order valence-electron chi connectivity index (χ4n) is 4.74. The maximum atomic E-state index is 14.5. The van der Waals surface area contributed by atoms with Crippen LogP contribution in [0.15, 0.2) is 48.6 Å². The highest BCUT2D eigenvalue weighted by Crippen LogP contribution is 2.38. The van der Waals surface area contributed by atoms with Gasteiger partial charge >= 0.3 is 5.97 Å². The number of carbonyl (C=O) groups is 1. The number of hydrogen-bond donors (Lipinski definition) is 2. The van der Waals surface area contributed by atoms with Crippen LogP contribution in [0, 0.1) is 17.8 Å². The molecule has 1 aromatic rings. The number of allylic oxidation sites excluding steroid dienone is 3. The predicted molar refractivity (Wildman–Crippen MR) is 115 cm³/mol. The van der Waals surface area contributed by atoms with Crippen LogP contribution in [0.1, 0.15) is 43.2 Å². The van der Waals surface area contributed by atoms with E-state index in [1.54, 1.807) is 12.2 Å². The van der Waals surface area contributed by atoms with Crippen molar-refractivity contribution in [3.05, 3.63) is 59.7 Å². The molecular formula is C25H33FO4. The van der Waals surface area contributed by atoms with Gasteiger partial charge in [0.2, 0.25) is 0 Å². The number of esters is 1. The highest BCUT2D eigenvalue weighted by Gasteiger charge is 2.40. The van der Waals surface area contributed by atoms with Gasteiger partial charge in [-0.15, -0.1) is 0 Å². The number of benzene rings is 1. The van der Waals surface area contributed by atoms with Crippen LogP contribution in [0.5, 0.6) is 0 Å². The lowest BCUT2D eigenvalue weighted by atomic mass is 9.89. The van der Waals surface area contributed by atoms with Crippen molar-refractivity contribution in [3.8, 4) is 0 Å². The van der Waals surface area contributed by atoms with Crippen molar-refractivity contribution < 1.29 is 24.1 Å². The van der Waals surface area contributed by atoms with Crippen LogP contribution >= 0.6 is 0 Å². The smallest absolute Gasteiger partial charge is 0.305 e. The molecule has 1 saturated carbocycles. The molecule has 3 rings (SSSR count). The van der Waals surface area contributed by atoms with Crippen molar-refractivity contribution in [1.82, 2.24) is 0 Å². The van der Waals surface area contributed by atoms with Crippen LogP contribution in [0.2, 0.25) is 0 Å². The number of carbonyl (C=O) groups excluding carboxylic acids is 1. The summed E-state index contributed by atoms with van der Waals surface area (Å²) in [7, 11) is 1.38. The summed E-state index contributed by atoms with van der Waals surface area (Å²) in [6.07, 6.45) is 9.32. The van der Waals surface area contributed by atoms with Gasteiger partial charge in [0.05, 0.1) is 19.3 Å². The van der Waals surface area contributed by atoms with Crippen LogP contribution in [-0.4, -0.2) is 41.7 Å². The largest absolute Gasteiger partial charge is 0.469 e. The number of methoxy groups -OCH3 is 1. The van der Waals surface area contributed by atoms with Gasteiger partial charge in [0.15, 0.2) is 0 Å². The third kappa shape index (κ3) is 5.79. The third-order valence-electron chi connectivity index (χ3n) is 6.52. The number of aliphatic hydroxyl groups excluding tert-OH is 2. The summed E-state index contributed by atoms with van der Waals surface area (Å²) in [6, 6.07) is 8.24. The van der Waals surface area contributed by atoms with Crippen molar-refractivity contribution >= 4 is 5.97 Å². The van der Waals surface area contributed by atoms with Gasteiger partial charge in [-0.25, -0.2) is 4.39 Å². The second-order valence-corrected chi connectivity index (χ2v) is 8.55. The highest BCUT2D eigenvalue weighted by atomic mass is 19.1. The first kappa shape index (κ1) is 22.7. The van der Waals surface area contributed by atoms with Crippen molar-refractivity contribution in [2.75, 3.05) is 7.11 Å². The summed E-state index contributed by atoms with van der Waals surface area (Å²) in [6.45, 7) is 0. The number of rotatable bonds is 9. The molecule has 0 amide bonds. The summed E-state index contributed by atoms with van der Waals surface area (Å²) < 4.78 is 19.1. The molecule has 2 aliphatic carbocycles. The van der Waals surface area contributed by atoms with Gasteiger partial charge in [0.25, 0.3) is 0 Å². The van der Waals surface area contributed by atoms with Gasteiger partial charge in [-0.1, -0.05) is 48.6 Å². The minimum atomic E-state index is -1.10. The fraction of sp³-hybridized carbons (Fsp3) is 0.560. The molecule has 0 bridgehead atoms. The number of hydrogen-bond acceptors (Lipinski definition) is 4. The van der Waals surface area contributed by atoms with Gasteiger partial charge in [0, 0.05) is 18.8 Å². The molecule has 0 radical (unpaired) electrons. The molecule has 5 atom stereocenters. The van der Waals surface area contributed by atoms with E-state index in [9.17, 15) is 19.4 Å². The number of unbranched alkanes of at least 4 members (excludes halogenated alkanes) is 1. The summed E-state index contributed by atoms with van der Waals surface area (Å²) in [4.78, 5) is 11.1. The first-order chi connectivity index (χ1) is 14.5. The van der Waals surface area contributed by atoms with Crippen molar-refractivity contribution in [1.29, 1.82) is 0 Å². The molecule has 5 heteroatoms. The van der Waals surface area contributed by atoms with E-state index in [1.807, 2.05) is 24.3 Å². The molecule has 0 aromatic heterocycles. The maximum Gasteiger partial charge on any atom is 0.305 e. The number of alkyl halides is 1. The molecule has 30 heavy (non-hydrogen) atoms. The Bertz CT molecular complexity index is 734. The standard InChI is InChI=1S/C25H33FO4/c1-30-25(29)11-5-3-2-4-10-21-20(22(26)16-24(21)28)12-13-23(27)19-14-17-8-6-7-9-18(17)15-19/h2,4,6-9,12-13,19-24,27-28H,3,5,10-11,14-16H2,1H3/b4-2+,13-12+/t20-,21?,22+,23+,24?/m1/s1. The van der Waals surface area contributed by atoms with E-state index in [4.69, 9.17) is 0 Å². The first-order valence-electron chi connectivity index (χ1n) is 11.0. The Labute approximate surface area is 178 Å². The fourth-order valence-corrected chi connectivity index (χ4v) is 4.74. The van der Waals surface area contributed by atoms with Crippen LogP contribution in [0.3, 0.4) is 0 Å². The van der Waals surface area contributed by atoms with Gasteiger partial charge in [-0.3, -0.25) is 4.79 Å². The molecule has 2 unspecified atom stereocenters. The molecule has 164 valence electrons. The van der Waals surface area contributed by atoms with Crippen LogP contribution in [-0.2, 0) is 22.4 Å². The van der Waals surface area contributed by atoms with E-state index in [2.05, 4.69) is 16.9 Å². The Hall–Kier alpha value is -1.98. The van der Waals surface area contributed by atoms with Gasteiger partial charge < -0.3 is 14.9 Å². The lowest BCUT2D eigenvalue weighted by Gasteiger charge is -2.20. The zero-order valence-corrected chi connectivity index (χ0v) is 17.6. The molecule has 4 nitrogen and oxygen atoms in total. The Kier molecular flexibility index (Phi) is 8.23. The molecule has 0 aliphatic heterocycles. The Balaban J connectivity index is 1.51. The van der Waals surface area contributed by atoms with E-state index in [-0.39, 0.29) is 24.2 Å². The molecular weight excluding hydrogens is 383 g/mol. The van der Waals surface area contributed by atoms with Crippen molar-refractivity contribution in [2.45, 2.75) is 63.3 Å². The summed E-state index contributed by atoms with van der Waals surface area (Å²) >= 11 is 0. The van der Waals surface area contributed by atoms with Crippen molar-refractivity contribution in [3.63, 3.8) is 0 Å². The lowest BCUT2D eigenvalue weighted by molar-refractivity contribution is -0.140. The zero-order chi connectivity index (χ0) is 21.5. The van der Waals surface area contributed by atoms with E-state index >= 15 is 0 Å². The summed E-state index contributed by atoms with van der Waals surface area (Å²) in [5.41, 5.74) is 2.56. The topological polar surface area (TPSA) is 66.8 Å². The SMILES string of the molecule is COC(=O)CCC/C=C/CC1C(O)C[C@H](F)[C@@H]1/C=C/[C@H](O)C1Cc2ccccc2C1. The summed E-state index contributed by atoms with van der Waals surface area (Å²) in [5.74, 6) is -0.681. The molecule has 0 heterocycles. The average Bonchev–Trinajstić information content (AvgIpc) is 3.29. The van der Waals surface area contributed by atoms with E-state index in [1.165, 1.54) is 18.2 Å². The average molecular weight is 417 g/mol. The Morgan fingerprint density at radius 3 is 2.63 bits per heavy atom. The predicted octanol–water partition coefficient (Wildman–Crippen LogP) is 3.94. The maximum absolute atomic E-state index is 14.5. The highest BCUT2D eigenvalue weighted by molar-refractivity contribution is 5.69. The number of halogens is 1. The van der Waals surface area contributed by atoms with E-state index in [0.717, 1.165) is 19.3 Å². The zero-order valence-electron chi connectivity index (χ0n) is 17.6. The number of aliphatic hydroxyl groups is 2. The van der Waals surface area contributed by atoms with Gasteiger partial charge in [0.1, 0.15) is 6.17 Å². The monoisotopic (exact) mass is 416 g/mol. The minimum absolute atomic E-state index is 0.121. The molecule has 1 aromatic carbocycles.